The highest BCUT2D eigenvalue weighted by atomic mass is 19.1. The molecular weight excluding hydrogens is 305 g/mol. The molecule has 0 unspecified atom stereocenters. The number of fused-ring (bicyclic) bond motifs is 1. The van der Waals surface area contributed by atoms with Crippen molar-refractivity contribution in [2.45, 2.75) is 13.3 Å². The first-order chi connectivity index (χ1) is 11.6. The highest BCUT2D eigenvalue weighted by Crippen LogP contribution is 2.07. The van der Waals surface area contributed by atoms with E-state index in [2.05, 4.69) is 10.3 Å². The molecule has 0 aliphatic heterocycles. The van der Waals surface area contributed by atoms with E-state index in [0.29, 0.717) is 18.6 Å². The Morgan fingerprint density at radius 2 is 2.00 bits per heavy atom. The number of benzene rings is 1. The van der Waals surface area contributed by atoms with Crippen LogP contribution in [0.15, 0.2) is 54.9 Å². The maximum absolute atomic E-state index is 13.1. The fraction of sp³-hybridized carbons (Fsp3) is 0.158. The Balaban J connectivity index is 1.51. The number of rotatable bonds is 5. The average Bonchev–Trinajstić information content (AvgIpc) is 2.96. The second kappa shape index (κ2) is 7.08. The van der Waals surface area contributed by atoms with Crippen LogP contribution >= 0.6 is 0 Å². The van der Waals surface area contributed by atoms with Gasteiger partial charge in [-0.15, -0.1) is 0 Å². The molecule has 3 rings (SSSR count). The van der Waals surface area contributed by atoms with Crippen LogP contribution in [0.2, 0.25) is 0 Å². The van der Waals surface area contributed by atoms with Gasteiger partial charge in [0.1, 0.15) is 11.5 Å². The molecule has 0 radical (unpaired) electrons. The lowest BCUT2D eigenvalue weighted by Gasteiger charge is -2.00. The van der Waals surface area contributed by atoms with Crippen molar-refractivity contribution in [3.05, 3.63) is 77.5 Å². The number of nitrogens with zero attached hydrogens (tertiary/aromatic N) is 2. The van der Waals surface area contributed by atoms with Gasteiger partial charge in [-0.2, -0.15) is 0 Å². The van der Waals surface area contributed by atoms with Gasteiger partial charge >= 0.3 is 0 Å². The number of aromatic nitrogens is 2. The van der Waals surface area contributed by atoms with Crippen molar-refractivity contribution < 1.29 is 9.18 Å². The molecule has 3 aromatic rings. The van der Waals surface area contributed by atoms with Gasteiger partial charge in [-0.1, -0.05) is 29.8 Å². The van der Waals surface area contributed by atoms with Crippen LogP contribution in [-0.4, -0.2) is 21.8 Å². The smallest absolute Gasteiger partial charge is 0.244 e. The van der Waals surface area contributed by atoms with Crippen LogP contribution in [0.3, 0.4) is 0 Å². The van der Waals surface area contributed by atoms with Crippen molar-refractivity contribution >= 4 is 17.6 Å². The van der Waals surface area contributed by atoms with Crippen molar-refractivity contribution in [3.8, 4) is 0 Å². The summed E-state index contributed by atoms with van der Waals surface area (Å²) in [5, 5.41) is 2.82. The van der Waals surface area contributed by atoms with Crippen LogP contribution in [0, 0.1) is 12.7 Å². The number of halogens is 1. The SMILES string of the molecule is Cc1ccc(/C=C/C(=O)NCCc2cn3cc(F)ccc3n2)cc1. The second-order valence-corrected chi connectivity index (χ2v) is 5.63. The standard InChI is InChI=1S/C19H18FN3O/c1-14-2-4-15(5-3-14)6-9-19(24)21-11-10-17-13-23-12-16(20)7-8-18(23)22-17/h2-9,12-13H,10-11H2,1H3,(H,21,24)/b9-6+. The molecule has 1 aromatic carbocycles. The van der Waals surface area contributed by atoms with Gasteiger partial charge in [-0.3, -0.25) is 4.79 Å². The molecule has 2 aromatic heterocycles. The molecule has 24 heavy (non-hydrogen) atoms. The summed E-state index contributed by atoms with van der Waals surface area (Å²) in [6, 6.07) is 10.9. The number of amides is 1. The quantitative estimate of drug-likeness (QED) is 0.733. The molecule has 0 saturated heterocycles. The number of hydrogen-bond acceptors (Lipinski definition) is 2. The van der Waals surface area contributed by atoms with Crippen molar-refractivity contribution in [2.24, 2.45) is 0 Å². The Labute approximate surface area is 139 Å². The maximum Gasteiger partial charge on any atom is 0.244 e. The predicted octanol–water partition coefficient (Wildman–Crippen LogP) is 3.15. The Morgan fingerprint density at radius 3 is 2.79 bits per heavy atom. The van der Waals surface area contributed by atoms with E-state index >= 15 is 0 Å². The molecule has 0 spiro atoms. The minimum Gasteiger partial charge on any atom is -0.352 e. The number of hydrogen-bond donors (Lipinski definition) is 1. The van der Waals surface area contributed by atoms with Gasteiger partial charge in [-0.25, -0.2) is 9.37 Å². The molecule has 122 valence electrons. The van der Waals surface area contributed by atoms with Crippen molar-refractivity contribution in [2.75, 3.05) is 6.54 Å². The minimum atomic E-state index is -0.305. The third kappa shape index (κ3) is 4.07. The molecule has 0 aliphatic rings. The summed E-state index contributed by atoms with van der Waals surface area (Å²) in [4.78, 5) is 16.2. The number of carbonyl (C=O) groups excluding carboxylic acids is 1. The third-order valence-electron chi connectivity index (χ3n) is 3.65. The zero-order valence-corrected chi connectivity index (χ0v) is 13.4. The summed E-state index contributed by atoms with van der Waals surface area (Å²) >= 11 is 0. The summed E-state index contributed by atoms with van der Waals surface area (Å²) in [6.45, 7) is 2.50. The summed E-state index contributed by atoms with van der Waals surface area (Å²) < 4.78 is 14.8. The lowest BCUT2D eigenvalue weighted by Crippen LogP contribution is -2.23. The Morgan fingerprint density at radius 1 is 1.21 bits per heavy atom. The molecule has 0 aliphatic carbocycles. The number of carbonyl (C=O) groups is 1. The Kier molecular flexibility index (Phi) is 4.70. The molecule has 0 bridgehead atoms. The van der Waals surface area contributed by atoms with E-state index in [1.54, 1.807) is 22.7 Å². The van der Waals surface area contributed by atoms with Gasteiger partial charge in [0.2, 0.25) is 5.91 Å². The minimum absolute atomic E-state index is 0.148. The van der Waals surface area contributed by atoms with Crippen LogP contribution in [0.25, 0.3) is 11.7 Å². The zero-order chi connectivity index (χ0) is 16.9. The largest absolute Gasteiger partial charge is 0.352 e. The summed E-state index contributed by atoms with van der Waals surface area (Å²) in [5.74, 6) is -0.452. The summed E-state index contributed by atoms with van der Waals surface area (Å²) in [6.07, 6.45) is 7.04. The molecule has 0 atom stereocenters. The monoisotopic (exact) mass is 323 g/mol. The second-order valence-electron chi connectivity index (χ2n) is 5.63. The van der Waals surface area contributed by atoms with Crippen LogP contribution in [0.4, 0.5) is 4.39 Å². The van der Waals surface area contributed by atoms with Gasteiger partial charge in [0.15, 0.2) is 0 Å². The Bertz CT molecular complexity index is 881. The van der Waals surface area contributed by atoms with Crippen molar-refractivity contribution in [3.63, 3.8) is 0 Å². The number of nitrogens with one attached hydrogen (secondary N) is 1. The van der Waals surface area contributed by atoms with Crippen LogP contribution < -0.4 is 5.32 Å². The fourth-order valence-corrected chi connectivity index (χ4v) is 2.36. The van der Waals surface area contributed by atoms with E-state index < -0.39 is 0 Å². The van der Waals surface area contributed by atoms with Crippen molar-refractivity contribution in [1.29, 1.82) is 0 Å². The fourth-order valence-electron chi connectivity index (χ4n) is 2.36. The normalized spacial score (nSPS) is 11.2. The van der Waals surface area contributed by atoms with E-state index in [-0.39, 0.29) is 11.7 Å². The molecule has 5 heteroatoms. The van der Waals surface area contributed by atoms with Crippen molar-refractivity contribution in [1.82, 2.24) is 14.7 Å². The Hall–Kier alpha value is -2.95. The van der Waals surface area contributed by atoms with Gasteiger partial charge in [0, 0.05) is 31.4 Å². The number of imidazole rings is 1. The first-order valence-electron chi connectivity index (χ1n) is 7.76. The lowest BCUT2D eigenvalue weighted by molar-refractivity contribution is -0.116. The third-order valence-corrected chi connectivity index (χ3v) is 3.65. The maximum atomic E-state index is 13.1. The molecular formula is C19H18FN3O. The molecule has 1 N–H and O–H groups in total. The summed E-state index contributed by atoms with van der Waals surface area (Å²) in [7, 11) is 0. The summed E-state index contributed by atoms with van der Waals surface area (Å²) in [5.41, 5.74) is 3.67. The zero-order valence-electron chi connectivity index (χ0n) is 13.4. The van der Waals surface area contributed by atoms with Crippen LogP contribution in [-0.2, 0) is 11.2 Å². The average molecular weight is 323 g/mol. The molecule has 2 heterocycles. The topological polar surface area (TPSA) is 46.4 Å². The molecule has 0 fully saturated rings. The van der Waals surface area contributed by atoms with Gasteiger partial charge in [0.25, 0.3) is 0 Å². The highest BCUT2D eigenvalue weighted by molar-refractivity contribution is 5.91. The van der Waals surface area contributed by atoms with Crippen LogP contribution in [0.1, 0.15) is 16.8 Å². The molecule has 4 nitrogen and oxygen atoms in total. The molecule has 0 saturated carbocycles. The first-order valence-corrected chi connectivity index (χ1v) is 7.76. The highest BCUT2D eigenvalue weighted by Gasteiger charge is 2.03. The lowest BCUT2D eigenvalue weighted by atomic mass is 10.1. The van der Waals surface area contributed by atoms with E-state index in [1.807, 2.05) is 31.2 Å². The van der Waals surface area contributed by atoms with E-state index in [0.717, 1.165) is 11.3 Å². The van der Waals surface area contributed by atoms with E-state index in [1.165, 1.54) is 23.9 Å². The van der Waals surface area contributed by atoms with Gasteiger partial charge in [-0.05, 0) is 30.7 Å². The predicted molar refractivity (Wildman–Crippen MR) is 92.1 cm³/mol. The van der Waals surface area contributed by atoms with Crippen LogP contribution in [0.5, 0.6) is 0 Å². The van der Waals surface area contributed by atoms with Gasteiger partial charge < -0.3 is 9.72 Å². The number of pyridine rings is 1. The van der Waals surface area contributed by atoms with Gasteiger partial charge in [0.05, 0.1) is 5.69 Å². The van der Waals surface area contributed by atoms with E-state index in [4.69, 9.17) is 0 Å². The molecule has 1 amide bonds. The van der Waals surface area contributed by atoms with E-state index in [9.17, 15) is 9.18 Å². The number of aryl methyl sites for hydroxylation is 1. The first kappa shape index (κ1) is 15.9.